The number of ether oxygens (including phenoxy) is 2. The molecular formula is C17H20FN3O3. The predicted octanol–water partition coefficient (Wildman–Crippen LogP) is 1.97. The normalized spacial score (nSPS) is 26.8. The summed E-state index contributed by atoms with van der Waals surface area (Å²) in [5, 5.41) is 8.14. The van der Waals surface area contributed by atoms with Crippen LogP contribution >= 0.6 is 0 Å². The Balaban J connectivity index is 1.45. The van der Waals surface area contributed by atoms with E-state index in [1.165, 1.54) is 12.1 Å². The molecule has 6 nitrogen and oxygen atoms in total. The van der Waals surface area contributed by atoms with E-state index in [1.807, 2.05) is 0 Å². The number of rotatable bonds is 5. The van der Waals surface area contributed by atoms with Gasteiger partial charge in [0.25, 0.3) is 0 Å². The highest BCUT2D eigenvalue weighted by Gasteiger charge is 2.50. The van der Waals surface area contributed by atoms with Gasteiger partial charge < -0.3 is 13.9 Å². The maximum atomic E-state index is 13.3. The molecule has 4 rings (SSSR count). The Morgan fingerprint density at radius 3 is 3.17 bits per heavy atom. The number of fused-ring (bicyclic) bond motifs is 1. The van der Waals surface area contributed by atoms with Crippen molar-refractivity contribution in [2.75, 3.05) is 40.0 Å². The van der Waals surface area contributed by atoms with Gasteiger partial charge in [-0.3, -0.25) is 4.90 Å². The number of hydrogen-bond donors (Lipinski definition) is 0. The van der Waals surface area contributed by atoms with E-state index in [0.717, 1.165) is 26.3 Å². The third kappa shape index (κ3) is 2.83. The van der Waals surface area contributed by atoms with Gasteiger partial charge in [-0.1, -0.05) is 6.07 Å². The zero-order chi connectivity index (χ0) is 16.6. The summed E-state index contributed by atoms with van der Waals surface area (Å²) in [5.41, 5.74) is 0.663. The van der Waals surface area contributed by atoms with Gasteiger partial charge in [-0.15, -0.1) is 10.2 Å². The van der Waals surface area contributed by atoms with Crippen molar-refractivity contribution in [3.8, 4) is 11.5 Å². The predicted molar refractivity (Wildman–Crippen MR) is 83.6 cm³/mol. The molecule has 7 heteroatoms. The van der Waals surface area contributed by atoms with E-state index >= 15 is 0 Å². The standard InChI is InChI=1S/C17H20FN3O3/c1-22-10-17-9-21(6-13(17)8-23-11-17)7-15-19-20-16(24-15)12-3-2-4-14(18)5-12/h2-5,13H,6-11H2,1H3/t13-,17-/m0/s1. The van der Waals surface area contributed by atoms with E-state index in [0.29, 0.717) is 36.4 Å². The lowest BCUT2D eigenvalue weighted by Gasteiger charge is -2.25. The highest BCUT2D eigenvalue weighted by Crippen LogP contribution is 2.41. The highest BCUT2D eigenvalue weighted by molar-refractivity contribution is 5.52. The van der Waals surface area contributed by atoms with E-state index in [9.17, 15) is 4.39 Å². The lowest BCUT2D eigenvalue weighted by molar-refractivity contribution is 0.0524. The largest absolute Gasteiger partial charge is 0.419 e. The molecule has 2 aliphatic rings. The van der Waals surface area contributed by atoms with Crippen LogP contribution in [-0.4, -0.2) is 55.1 Å². The van der Waals surface area contributed by atoms with Crippen LogP contribution in [0.1, 0.15) is 5.89 Å². The number of hydrogen-bond acceptors (Lipinski definition) is 6. The van der Waals surface area contributed by atoms with Gasteiger partial charge in [0.15, 0.2) is 0 Å². The minimum absolute atomic E-state index is 0.0696. The average Bonchev–Trinajstić information content (AvgIpc) is 3.22. The van der Waals surface area contributed by atoms with Gasteiger partial charge >= 0.3 is 0 Å². The summed E-state index contributed by atoms with van der Waals surface area (Å²) in [6.07, 6.45) is 0. The lowest BCUT2D eigenvalue weighted by Crippen LogP contribution is -2.35. The molecule has 2 saturated heterocycles. The average molecular weight is 333 g/mol. The summed E-state index contributed by atoms with van der Waals surface area (Å²) in [6.45, 7) is 4.62. The quantitative estimate of drug-likeness (QED) is 0.834. The summed E-state index contributed by atoms with van der Waals surface area (Å²) in [6, 6.07) is 6.17. The fourth-order valence-corrected chi connectivity index (χ4v) is 3.80. The Morgan fingerprint density at radius 1 is 1.42 bits per heavy atom. The molecule has 1 aromatic heterocycles. The molecule has 0 aliphatic carbocycles. The first-order valence-electron chi connectivity index (χ1n) is 8.06. The van der Waals surface area contributed by atoms with Crippen LogP contribution < -0.4 is 0 Å². The summed E-state index contributed by atoms with van der Waals surface area (Å²) in [5.74, 6) is 1.05. The number of likely N-dealkylation sites (tertiary alicyclic amines) is 1. The van der Waals surface area contributed by atoms with Crippen LogP contribution in [0.3, 0.4) is 0 Å². The van der Waals surface area contributed by atoms with Crippen LogP contribution in [-0.2, 0) is 16.0 Å². The molecular weight excluding hydrogens is 313 g/mol. The van der Waals surface area contributed by atoms with Crippen molar-refractivity contribution in [3.05, 3.63) is 36.0 Å². The molecule has 0 N–H and O–H groups in total. The number of benzene rings is 1. The maximum absolute atomic E-state index is 13.3. The van der Waals surface area contributed by atoms with Gasteiger partial charge in [0, 0.05) is 37.1 Å². The minimum Gasteiger partial charge on any atom is -0.419 e. The maximum Gasteiger partial charge on any atom is 0.247 e. The van der Waals surface area contributed by atoms with E-state index in [2.05, 4.69) is 15.1 Å². The molecule has 2 atom stereocenters. The Morgan fingerprint density at radius 2 is 2.33 bits per heavy atom. The second-order valence-corrected chi connectivity index (χ2v) is 6.69. The topological polar surface area (TPSA) is 60.6 Å². The molecule has 0 spiro atoms. The molecule has 0 unspecified atom stereocenters. The fraction of sp³-hybridized carbons (Fsp3) is 0.529. The second kappa shape index (κ2) is 6.23. The van der Waals surface area contributed by atoms with Gasteiger partial charge in [0.05, 0.1) is 26.4 Å². The first kappa shape index (κ1) is 15.7. The van der Waals surface area contributed by atoms with E-state index in [1.54, 1.807) is 19.2 Å². The Bertz CT molecular complexity index is 723. The van der Waals surface area contributed by atoms with Crippen molar-refractivity contribution in [3.63, 3.8) is 0 Å². The molecule has 0 saturated carbocycles. The number of halogens is 1. The molecule has 1 aromatic carbocycles. The molecule has 2 aliphatic heterocycles. The lowest BCUT2D eigenvalue weighted by atomic mass is 9.82. The number of methoxy groups -OCH3 is 1. The van der Waals surface area contributed by atoms with E-state index in [4.69, 9.17) is 13.9 Å². The van der Waals surface area contributed by atoms with Crippen LogP contribution in [0, 0.1) is 17.2 Å². The molecule has 3 heterocycles. The summed E-state index contributed by atoms with van der Waals surface area (Å²) >= 11 is 0. The van der Waals surface area contributed by atoms with Gasteiger partial charge in [0.1, 0.15) is 5.82 Å². The van der Waals surface area contributed by atoms with Crippen molar-refractivity contribution in [2.24, 2.45) is 11.3 Å². The van der Waals surface area contributed by atoms with Crippen LogP contribution in [0.25, 0.3) is 11.5 Å². The SMILES string of the molecule is COC[C@@]12COC[C@@H]1CN(Cc1nnc(-c3cccc(F)c3)o1)C2. The smallest absolute Gasteiger partial charge is 0.247 e. The third-order valence-corrected chi connectivity index (χ3v) is 4.92. The Kier molecular flexibility index (Phi) is 4.07. The van der Waals surface area contributed by atoms with Crippen LogP contribution in [0.2, 0.25) is 0 Å². The summed E-state index contributed by atoms with van der Waals surface area (Å²) < 4.78 is 30.1. The summed E-state index contributed by atoms with van der Waals surface area (Å²) in [4.78, 5) is 2.30. The van der Waals surface area contributed by atoms with Crippen molar-refractivity contribution < 1.29 is 18.3 Å². The van der Waals surface area contributed by atoms with E-state index in [-0.39, 0.29) is 11.2 Å². The van der Waals surface area contributed by atoms with Crippen molar-refractivity contribution >= 4 is 0 Å². The second-order valence-electron chi connectivity index (χ2n) is 6.69. The molecule has 24 heavy (non-hydrogen) atoms. The van der Waals surface area contributed by atoms with Gasteiger partial charge in [-0.05, 0) is 18.2 Å². The first-order chi connectivity index (χ1) is 11.7. The monoisotopic (exact) mass is 333 g/mol. The molecule has 0 radical (unpaired) electrons. The first-order valence-corrected chi connectivity index (χ1v) is 8.06. The van der Waals surface area contributed by atoms with E-state index < -0.39 is 0 Å². The van der Waals surface area contributed by atoms with Crippen LogP contribution in [0.4, 0.5) is 4.39 Å². The van der Waals surface area contributed by atoms with Crippen molar-refractivity contribution in [2.45, 2.75) is 6.54 Å². The molecule has 0 amide bonds. The molecule has 2 fully saturated rings. The number of aromatic nitrogens is 2. The minimum atomic E-state index is -0.318. The van der Waals surface area contributed by atoms with Gasteiger partial charge in [-0.25, -0.2) is 4.39 Å². The van der Waals surface area contributed by atoms with Crippen LogP contribution in [0.15, 0.2) is 28.7 Å². The van der Waals surface area contributed by atoms with Gasteiger partial charge in [0.2, 0.25) is 11.8 Å². The van der Waals surface area contributed by atoms with Gasteiger partial charge in [-0.2, -0.15) is 0 Å². The molecule has 128 valence electrons. The Hall–Kier alpha value is -1.83. The zero-order valence-corrected chi connectivity index (χ0v) is 13.6. The zero-order valence-electron chi connectivity index (χ0n) is 13.6. The van der Waals surface area contributed by atoms with Crippen molar-refractivity contribution in [1.29, 1.82) is 0 Å². The Labute approximate surface area is 139 Å². The molecule has 0 bridgehead atoms. The third-order valence-electron chi connectivity index (χ3n) is 4.92. The highest BCUT2D eigenvalue weighted by atomic mass is 19.1. The fourth-order valence-electron chi connectivity index (χ4n) is 3.80. The summed E-state index contributed by atoms with van der Waals surface area (Å²) in [7, 11) is 1.73. The molecule has 2 aromatic rings. The van der Waals surface area contributed by atoms with Crippen LogP contribution in [0.5, 0.6) is 0 Å². The van der Waals surface area contributed by atoms with Crippen molar-refractivity contribution in [1.82, 2.24) is 15.1 Å². The number of nitrogens with zero attached hydrogens (tertiary/aromatic N) is 3.